The first kappa shape index (κ1) is 18.5. The molecule has 27 heavy (non-hydrogen) atoms. The van der Waals surface area contributed by atoms with E-state index in [1.807, 2.05) is 24.3 Å². The number of rotatable bonds is 6. The van der Waals surface area contributed by atoms with E-state index in [2.05, 4.69) is 6.58 Å². The first-order chi connectivity index (χ1) is 13.0. The van der Waals surface area contributed by atoms with Gasteiger partial charge in [0.25, 0.3) is 5.91 Å². The van der Waals surface area contributed by atoms with Crippen molar-refractivity contribution in [1.29, 1.82) is 0 Å². The molecular weight excluding hydrogens is 344 g/mol. The molecule has 0 saturated heterocycles. The second-order valence-corrected chi connectivity index (χ2v) is 6.31. The SMILES string of the molecule is C=C1c2ccccc2C(=O)N1CC(=O)N(C)Cc1ccc(OC)cc1OC. The van der Waals surface area contributed by atoms with Gasteiger partial charge in [-0.15, -0.1) is 0 Å². The van der Waals surface area contributed by atoms with Crippen LogP contribution in [0.4, 0.5) is 0 Å². The van der Waals surface area contributed by atoms with E-state index in [0.717, 1.165) is 11.1 Å². The molecule has 0 atom stereocenters. The van der Waals surface area contributed by atoms with Gasteiger partial charge in [-0.3, -0.25) is 14.5 Å². The summed E-state index contributed by atoms with van der Waals surface area (Å²) in [6, 6.07) is 12.7. The largest absolute Gasteiger partial charge is 0.497 e. The number of methoxy groups -OCH3 is 2. The molecule has 3 rings (SSSR count). The molecule has 0 aliphatic carbocycles. The van der Waals surface area contributed by atoms with Crippen molar-refractivity contribution >= 4 is 17.5 Å². The lowest BCUT2D eigenvalue weighted by molar-refractivity contribution is -0.130. The summed E-state index contributed by atoms with van der Waals surface area (Å²) in [7, 11) is 4.86. The first-order valence-electron chi connectivity index (χ1n) is 8.51. The minimum absolute atomic E-state index is 0.0542. The quantitative estimate of drug-likeness (QED) is 0.789. The Balaban J connectivity index is 1.70. The van der Waals surface area contributed by atoms with Crippen molar-refractivity contribution in [3.8, 4) is 11.5 Å². The number of hydrogen-bond acceptors (Lipinski definition) is 4. The molecule has 1 aliphatic heterocycles. The molecule has 0 spiro atoms. The van der Waals surface area contributed by atoms with Gasteiger partial charge in [-0.2, -0.15) is 0 Å². The van der Waals surface area contributed by atoms with E-state index in [1.165, 1.54) is 4.90 Å². The lowest BCUT2D eigenvalue weighted by atomic mass is 10.1. The Kier molecular flexibility index (Phi) is 5.16. The van der Waals surface area contributed by atoms with E-state index >= 15 is 0 Å². The number of hydrogen-bond donors (Lipinski definition) is 0. The summed E-state index contributed by atoms with van der Waals surface area (Å²) in [4.78, 5) is 28.2. The summed E-state index contributed by atoms with van der Waals surface area (Å²) in [6.07, 6.45) is 0. The van der Waals surface area contributed by atoms with Crippen LogP contribution >= 0.6 is 0 Å². The number of benzene rings is 2. The number of ether oxygens (including phenoxy) is 2. The Hall–Kier alpha value is -3.28. The van der Waals surface area contributed by atoms with Crippen molar-refractivity contribution in [3.63, 3.8) is 0 Å². The maximum atomic E-state index is 12.7. The van der Waals surface area contributed by atoms with Crippen molar-refractivity contribution in [3.05, 3.63) is 65.7 Å². The Labute approximate surface area is 158 Å². The topological polar surface area (TPSA) is 59.1 Å². The molecule has 0 aromatic heterocycles. The van der Waals surface area contributed by atoms with Crippen LogP contribution in [0.3, 0.4) is 0 Å². The van der Waals surface area contributed by atoms with Gasteiger partial charge < -0.3 is 14.4 Å². The molecule has 0 bridgehead atoms. The maximum Gasteiger partial charge on any atom is 0.259 e. The molecule has 2 aromatic rings. The molecule has 0 saturated carbocycles. The molecule has 0 radical (unpaired) electrons. The van der Waals surface area contributed by atoms with Gasteiger partial charge in [-0.25, -0.2) is 0 Å². The van der Waals surface area contributed by atoms with Gasteiger partial charge in [0.2, 0.25) is 5.91 Å². The standard InChI is InChI=1S/C21H22N2O4/c1-14-17-7-5-6-8-18(17)21(25)23(14)13-20(24)22(2)12-15-9-10-16(26-3)11-19(15)27-4/h5-11H,1,12-13H2,2-4H3. The second-order valence-electron chi connectivity index (χ2n) is 6.31. The minimum Gasteiger partial charge on any atom is -0.497 e. The van der Waals surface area contributed by atoms with Crippen molar-refractivity contribution in [2.24, 2.45) is 0 Å². The summed E-state index contributed by atoms with van der Waals surface area (Å²) < 4.78 is 10.6. The van der Waals surface area contributed by atoms with Crippen LogP contribution in [0.2, 0.25) is 0 Å². The summed E-state index contributed by atoms with van der Waals surface area (Å²) in [5.41, 5.74) is 2.76. The smallest absolute Gasteiger partial charge is 0.259 e. The predicted molar refractivity (Wildman–Crippen MR) is 103 cm³/mol. The fraction of sp³-hybridized carbons (Fsp3) is 0.238. The lowest BCUT2D eigenvalue weighted by Gasteiger charge is -2.23. The van der Waals surface area contributed by atoms with Crippen LogP contribution in [0.1, 0.15) is 21.5 Å². The highest BCUT2D eigenvalue weighted by Crippen LogP contribution is 2.31. The minimum atomic E-state index is -0.195. The first-order valence-corrected chi connectivity index (χ1v) is 8.51. The molecule has 140 valence electrons. The third kappa shape index (κ3) is 3.51. The number of carbonyl (C=O) groups is 2. The highest BCUT2D eigenvalue weighted by atomic mass is 16.5. The Morgan fingerprint density at radius 3 is 2.44 bits per heavy atom. The number of amides is 2. The molecule has 6 heteroatoms. The summed E-state index contributed by atoms with van der Waals surface area (Å²) in [5.74, 6) is 0.943. The average molecular weight is 366 g/mol. The fourth-order valence-electron chi connectivity index (χ4n) is 3.08. The molecule has 2 aromatic carbocycles. The van der Waals surface area contributed by atoms with Gasteiger partial charge >= 0.3 is 0 Å². The second kappa shape index (κ2) is 7.53. The van der Waals surface area contributed by atoms with E-state index in [9.17, 15) is 9.59 Å². The zero-order valence-electron chi connectivity index (χ0n) is 15.7. The third-order valence-corrected chi connectivity index (χ3v) is 4.66. The molecule has 2 amide bonds. The van der Waals surface area contributed by atoms with E-state index in [0.29, 0.717) is 29.3 Å². The maximum absolute atomic E-state index is 12.7. The Morgan fingerprint density at radius 1 is 1.11 bits per heavy atom. The molecule has 0 unspecified atom stereocenters. The van der Waals surface area contributed by atoms with Gasteiger partial charge in [0, 0.05) is 42.0 Å². The molecule has 1 heterocycles. The van der Waals surface area contributed by atoms with Gasteiger partial charge in [-0.05, 0) is 18.2 Å². The molecular formula is C21H22N2O4. The molecule has 0 N–H and O–H groups in total. The summed E-state index contributed by atoms with van der Waals surface area (Å²) in [5, 5.41) is 0. The normalized spacial score (nSPS) is 12.8. The number of fused-ring (bicyclic) bond motifs is 1. The van der Waals surface area contributed by atoms with Crippen LogP contribution in [0, 0.1) is 0 Å². The predicted octanol–water partition coefficient (Wildman–Crippen LogP) is 2.79. The molecule has 0 fully saturated rings. The highest BCUT2D eigenvalue weighted by Gasteiger charge is 2.32. The van der Waals surface area contributed by atoms with Crippen molar-refractivity contribution in [2.45, 2.75) is 6.54 Å². The monoisotopic (exact) mass is 366 g/mol. The fourth-order valence-corrected chi connectivity index (χ4v) is 3.08. The van der Waals surface area contributed by atoms with Crippen LogP contribution in [0.5, 0.6) is 11.5 Å². The van der Waals surface area contributed by atoms with Gasteiger partial charge in [-0.1, -0.05) is 24.8 Å². The summed E-state index contributed by atoms with van der Waals surface area (Å²) in [6.45, 7) is 4.27. The zero-order valence-corrected chi connectivity index (χ0v) is 15.7. The number of nitrogens with zero attached hydrogens (tertiary/aromatic N) is 2. The van der Waals surface area contributed by atoms with Gasteiger partial charge in [0.05, 0.1) is 14.2 Å². The highest BCUT2D eigenvalue weighted by molar-refractivity contribution is 6.10. The molecule has 1 aliphatic rings. The number of carbonyl (C=O) groups excluding carboxylic acids is 2. The van der Waals surface area contributed by atoms with E-state index in [4.69, 9.17) is 9.47 Å². The Morgan fingerprint density at radius 2 is 1.81 bits per heavy atom. The van der Waals surface area contributed by atoms with E-state index < -0.39 is 0 Å². The third-order valence-electron chi connectivity index (χ3n) is 4.66. The van der Waals surface area contributed by atoms with Gasteiger partial charge in [0.15, 0.2) is 0 Å². The van der Waals surface area contributed by atoms with Crippen LogP contribution in [-0.2, 0) is 11.3 Å². The Bertz CT molecular complexity index is 872. The van der Waals surface area contributed by atoms with E-state index in [1.54, 1.807) is 44.4 Å². The summed E-state index contributed by atoms with van der Waals surface area (Å²) >= 11 is 0. The zero-order chi connectivity index (χ0) is 19.6. The van der Waals surface area contributed by atoms with E-state index in [-0.39, 0.29) is 18.4 Å². The van der Waals surface area contributed by atoms with Crippen LogP contribution in [0.15, 0.2) is 49.0 Å². The van der Waals surface area contributed by atoms with Gasteiger partial charge in [0.1, 0.15) is 18.0 Å². The van der Waals surface area contributed by atoms with Crippen LogP contribution in [-0.4, -0.2) is 49.4 Å². The average Bonchev–Trinajstić information content (AvgIpc) is 2.93. The van der Waals surface area contributed by atoms with Crippen molar-refractivity contribution in [1.82, 2.24) is 9.80 Å². The van der Waals surface area contributed by atoms with Crippen LogP contribution < -0.4 is 9.47 Å². The lowest BCUT2D eigenvalue weighted by Crippen LogP contribution is -2.37. The van der Waals surface area contributed by atoms with Crippen molar-refractivity contribution in [2.75, 3.05) is 27.8 Å². The molecule has 6 nitrogen and oxygen atoms in total. The van der Waals surface area contributed by atoms with Crippen molar-refractivity contribution < 1.29 is 19.1 Å². The number of likely N-dealkylation sites (N-methyl/N-ethyl adjacent to an activating group) is 1. The van der Waals surface area contributed by atoms with Crippen LogP contribution in [0.25, 0.3) is 5.70 Å².